The van der Waals surface area contributed by atoms with Gasteiger partial charge >= 0.3 is 5.97 Å². The molecule has 4 nitrogen and oxygen atoms in total. The molecule has 0 fully saturated rings. The predicted molar refractivity (Wildman–Crippen MR) is 110 cm³/mol. The Kier molecular flexibility index (Phi) is 19.7. The Labute approximate surface area is 166 Å². The zero-order valence-electron chi connectivity index (χ0n) is 17.6. The maximum absolute atomic E-state index is 11.5. The molecule has 0 aliphatic rings. The summed E-state index contributed by atoms with van der Waals surface area (Å²) in [4.78, 5) is 11.5. The van der Waals surface area contributed by atoms with Crippen LogP contribution in [-0.4, -0.2) is 32.1 Å². The van der Waals surface area contributed by atoms with Gasteiger partial charge in [0.15, 0.2) is 6.29 Å². The Morgan fingerprint density at radius 1 is 0.778 bits per heavy atom. The summed E-state index contributed by atoms with van der Waals surface area (Å²) < 4.78 is 16.6. The minimum absolute atomic E-state index is 0.167. The number of unbranched alkanes of at least 4 members (excludes halogenated alkanes) is 4. The van der Waals surface area contributed by atoms with Crippen LogP contribution in [0.5, 0.6) is 0 Å². The van der Waals surface area contributed by atoms with Crippen LogP contribution in [0.4, 0.5) is 0 Å². The number of esters is 1. The number of hydrogen-bond acceptors (Lipinski definition) is 4. The molecular weight excluding hydrogens is 340 g/mol. The first-order valence-corrected chi connectivity index (χ1v) is 10.5. The van der Waals surface area contributed by atoms with Crippen molar-refractivity contribution >= 4 is 5.97 Å². The normalized spacial score (nSPS) is 10.1. The molecule has 0 aliphatic heterocycles. The van der Waals surface area contributed by atoms with E-state index in [0.717, 1.165) is 25.7 Å². The zero-order chi connectivity index (χ0) is 20.0. The Morgan fingerprint density at radius 2 is 1.30 bits per heavy atom. The fourth-order valence-corrected chi connectivity index (χ4v) is 2.23. The van der Waals surface area contributed by atoms with E-state index in [1.165, 1.54) is 12.8 Å². The molecule has 0 bridgehead atoms. The maximum atomic E-state index is 11.5. The topological polar surface area (TPSA) is 44.8 Å². The van der Waals surface area contributed by atoms with E-state index in [1.54, 1.807) is 0 Å². The fraction of sp³-hybridized carbons (Fsp3) is 0.783. The summed E-state index contributed by atoms with van der Waals surface area (Å²) in [5.41, 5.74) is 0. The summed E-state index contributed by atoms with van der Waals surface area (Å²) in [6.07, 6.45) is 9.39. The lowest BCUT2D eigenvalue weighted by Gasteiger charge is -2.17. The summed E-state index contributed by atoms with van der Waals surface area (Å²) >= 11 is 0. The van der Waals surface area contributed by atoms with E-state index >= 15 is 0 Å². The molecule has 0 aliphatic carbocycles. The molecule has 0 atom stereocenters. The van der Waals surface area contributed by atoms with Gasteiger partial charge in [0.05, 0.1) is 19.8 Å². The second-order valence-corrected chi connectivity index (χ2v) is 6.28. The first-order valence-electron chi connectivity index (χ1n) is 10.5. The molecule has 0 aromatic heterocycles. The summed E-state index contributed by atoms with van der Waals surface area (Å²) in [5.74, 6) is 12.4. The lowest BCUT2D eigenvalue weighted by Crippen LogP contribution is -2.19. The lowest BCUT2D eigenvalue weighted by atomic mass is 10.2. The third-order valence-electron chi connectivity index (χ3n) is 3.75. The van der Waals surface area contributed by atoms with Crippen molar-refractivity contribution in [1.29, 1.82) is 0 Å². The van der Waals surface area contributed by atoms with Crippen molar-refractivity contribution in [1.82, 2.24) is 0 Å². The second-order valence-electron chi connectivity index (χ2n) is 6.28. The van der Waals surface area contributed by atoms with Crippen molar-refractivity contribution in [3.63, 3.8) is 0 Å². The zero-order valence-corrected chi connectivity index (χ0v) is 17.6. The molecule has 0 N–H and O–H groups in total. The van der Waals surface area contributed by atoms with Crippen LogP contribution in [0.3, 0.4) is 0 Å². The van der Waals surface area contributed by atoms with Crippen LogP contribution in [0.15, 0.2) is 0 Å². The van der Waals surface area contributed by atoms with Gasteiger partial charge < -0.3 is 14.2 Å². The summed E-state index contributed by atoms with van der Waals surface area (Å²) in [5, 5.41) is 0. The van der Waals surface area contributed by atoms with Crippen molar-refractivity contribution in [2.24, 2.45) is 0 Å². The van der Waals surface area contributed by atoms with E-state index in [0.29, 0.717) is 51.9 Å². The molecule has 0 saturated carbocycles. The van der Waals surface area contributed by atoms with Crippen LogP contribution in [0.2, 0.25) is 0 Å². The number of ether oxygens (including phenoxy) is 3. The molecule has 154 valence electrons. The standard InChI is InChI=1S/C23H38O4/c1-4-7-9-11-13-15-20-26-23(19-17-18-22(24)25-6-3)27-21-16-14-12-10-8-5-2/h23H,4-10,15-21H2,1-3H3. The minimum atomic E-state index is -0.311. The third kappa shape index (κ3) is 19.1. The highest BCUT2D eigenvalue weighted by Crippen LogP contribution is 2.09. The van der Waals surface area contributed by atoms with Gasteiger partial charge in [-0.3, -0.25) is 4.79 Å². The summed E-state index contributed by atoms with van der Waals surface area (Å²) in [7, 11) is 0. The molecule has 0 aromatic rings. The van der Waals surface area contributed by atoms with Crippen LogP contribution in [0.25, 0.3) is 0 Å². The highest BCUT2D eigenvalue weighted by Gasteiger charge is 2.11. The largest absolute Gasteiger partial charge is 0.466 e. The number of hydrogen-bond donors (Lipinski definition) is 0. The average Bonchev–Trinajstić information content (AvgIpc) is 2.66. The van der Waals surface area contributed by atoms with Gasteiger partial charge in [-0.15, -0.1) is 23.7 Å². The summed E-state index contributed by atoms with van der Waals surface area (Å²) in [6, 6.07) is 0. The van der Waals surface area contributed by atoms with E-state index < -0.39 is 0 Å². The number of carbonyl (C=O) groups is 1. The van der Waals surface area contributed by atoms with Gasteiger partial charge in [-0.2, -0.15) is 0 Å². The molecule has 0 amide bonds. The van der Waals surface area contributed by atoms with Gasteiger partial charge in [0.2, 0.25) is 0 Å². The van der Waals surface area contributed by atoms with Crippen molar-refractivity contribution in [2.45, 2.75) is 97.7 Å². The van der Waals surface area contributed by atoms with Crippen LogP contribution >= 0.6 is 0 Å². The fourth-order valence-electron chi connectivity index (χ4n) is 2.23. The van der Waals surface area contributed by atoms with Gasteiger partial charge in [0.25, 0.3) is 0 Å². The molecule has 0 unspecified atom stereocenters. The van der Waals surface area contributed by atoms with Gasteiger partial charge in [-0.25, -0.2) is 0 Å². The van der Waals surface area contributed by atoms with Crippen LogP contribution in [0.1, 0.15) is 91.4 Å². The highest BCUT2D eigenvalue weighted by molar-refractivity contribution is 5.69. The Balaban J connectivity index is 4.12. The molecule has 0 spiro atoms. The Hall–Kier alpha value is -1.49. The number of rotatable bonds is 15. The van der Waals surface area contributed by atoms with Gasteiger partial charge in [0, 0.05) is 32.1 Å². The average molecular weight is 379 g/mol. The van der Waals surface area contributed by atoms with E-state index in [2.05, 4.69) is 37.5 Å². The van der Waals surface area contributed by atoms with Crippen molar-refractivity contribution in [3.05, 3.63) is 0 Å². The monoisotopic (exact) mass is 378 g/mol. The molecule has 4 heteroatoms. The first-order chi connectivity index (χ1) is 13.2. The van der Waals surface area contributed by atoms with Gasteiger partial charge in [-0.05, 0) is 32.6 Å². The van der Waals surface area contributed by atoms with Crippen LogP contribution < -0.4 is 0 Å². The predicted octanol–water partition coefficient (Wildman–Crippen LogP) is 5.25. The van der Waals surface area contributed by atoms with Crippen molar-refractivity contribution in [3.8, 4) is 23.7 Å². The molecular formula is C23H38O4. The van der Waals surface area contributed by atoms with Crippen LogP contribution in [-0.2, 0) is 19.0 Å². The van der Waals surface area contributed by atoms with E-state index in [9.17, 15) is 4.79 Å². The minimum Gasteiger partial charge on any atom is -0.466 e. The maximum Gasteiger partial charge on any atom is 0.305 e. The van der Waals surface area contributed by atoms with Crippen molar-refractivity contribution < 1.29 is 19.0 Å². The smallest absolute Gasteiger partial charge is 0.305 e. The molecule has 0 aromatic carbocycles. The van der Waals surface area contributed by atoms with Crippen LogP contribution in [0, 0.1) is 23.7 Å². The summed E-state index contributed by atoms with van der Waals surface area (Å²) in [6.45, 7) is 7.66. The Morgan fingerprint density at radius 3 is 1.78 bits per heavy atom. The first kappa shape index (κ1) is 25.5. The quantitative estimate of drug-likeness (QED) is 0.169. The second kappa shape index (κ2) is 20.8. The highest BCUT2D eigenvalue weighted by atomic mass is 16.7. The molecule has 27 heavy (non-hydrogen) atoms. The molecule has 0 saturated heterocycles. The number of carbonyl (C=O) groups excluding carboxylic acids is 1. The Bertz CT molecular complexity index is 432. The molecule has 0 rings (SSSR count). The van der Waals surface area contributed by atoms with Gasteiger partial charge in [-0.1, -0.05) is 26.7 Å². The third-order valence-corrected chi connectivity index (χ3v) is 3.75. The van der Waals surface area contributed by atoms with Gasteiger partial charge in [0.1, 0.15) is 0 Å². The lowest BCUT2D eigenvalue weighted by molar-refractivity contribution is -0.149. The molecule has 0 radical (unpaired) electrons. The van der Waals surface area contributed by atoms with Crippen molar-refractivity contribution in [2.75, 3.05) is 19.8 Å². The van der Waals surface area contributed by atoms with E-state index in [4.69, 9.17) is 14.2 Å². The SMILES string of the molecule is CCCCC#CCCOC(CCCC(=O)OCC)OCCC#CCCCC. The molecule has 0 heterocycles. The van der Waals surface area contributed by atoms with E-state index in [1.807, 2.05) is 6.92 Å². The van der Waals surface area contributed by atoms with E-state index in [-0.39, 0.29) is 12.3 Å².